The molecule has 688 valence electrons. The Kier molecular flexibility index (Phi) is 29.7. The van der Waals surface area contributed by atoms with Crippen molar-refractivity contribution >= 4 is 129 Å². The van der Waals surface area contributed by atoms with E-state index in [1.165, 1.54) is 0 Å². The van der Waals surface area contributed by atoms with Crippen LogP contribution in [-0.4, -0.2) is 245 Å². The number of rotatable bonds is 32. The first-order valence-electron chi connectivity index (χ1n) is 34.8. The summed E-state index contributed by atoms with van der Waals surface area (Å²) in [5.41, 5.74) is -14.2. The van der Waals surface area contributed by atoms with Crippen molar-refractivity contribution in [1.82, 2.24) is 0 Å². The fourth-order valence-electron chi connectivity index (χ4n) is 13.3. The van der Waals surface area contributed by atoms with Crippen LogP contribution < -0.4 is 37.9 Å². The first-order valence-corrected chi connectivity index (χ1v) is 46.4. The second kappa shape index (κ2) is 38.4. The highest BCUT2D eigenvalue weighted by molar-refractivity contribution is 7.87. The van der Waals surface area contributed by atoms with E-state index in [2.05, 4.69) is 0 Å². The van der Waals surface area contributed by atoms with Gasteiger partial charge < -0.3 is 78.7 Å². The van der Waals surface area contributed by atoms with Crippen molar-refractivity contribution in [2.75, 3.05) is 52.9 Å². The molecular weight excluding hydrogens is 1890 g/mol. The Bertz CT molecular complexity index is 5530. The number of carbonyl (C=O) groups is 8. The van der Waals surface area contributed by atoms with Gasteiger partial charge in [0.15, 0.2) is 52.9 Å². The molecule has 0 aliphatic heterocycles. The number of aliphatic carboxylic acids is 8. The Morgan fingerprint density at radius 1 is 0.172 bits per heavy atom. The van der Waals surface area contributed by atoms with E-state index >= 15 is 0 Å². The standard InChI is InChI=1S/C72H64O48S8/c73-57(74)25-113-65-33-1-34-10-50(122(92,93)94)12-36(66(34)114-26-58(75)76)3-38-14-52(124(98,99)100)16-40(68(38)116-28-60(79)80)5-42-18-54(126(104,105)106)20-44(70(42)118-30-62(83)84)7-46-22-56(128(110,111)112)24-48(72(46)120-32-64(87)88)8-47-23-55(127(107,108)109)21-45(71(47)119-31-63(85)86)6-43-19-53(125(101,102)103)17-41(69(43)117-29-61(81)82)4-39-15-51(123(95,96)97)13-37(67(39)115-27-59(77)78)2-35(65)11-49(9-33)121(89,90)91/h9-24H,1-8,25-32H2,(H,73,74)(H,75,76)(H,77,78)(H,79,80)(H,81,82)(H,83,84)(H,85,86)(H,87,88)(H,89,90,91)(H,92,93,94)(H,95,96,97)(H,98,99,100)(H,101,102,103)(H,104,105,106)(H,107,108,109)(H,110,111,112). The number of fused-ring (bicyclic) bond motifs is 16. The van der Waals surface area contributed by atoms with Gasteiger partial charge in [0, 0.05) is 140 Å². The molecule has 0 heterocycles. The normalized spacial score (nSPS) is 13.1. The maximum atomic E-state index is 13.6. The van der Waals surface area contributed by atoms with Crippen LogP contribution in [0.4, 0.5) is 0 Å². The van der Waals surface area contributed by atoms with Crippen LogP contribution >= 0.6 is 0 Å². The zero-order valence-corrected chi connectivity index (χ0v) is 70.6. The largest absolute Gasteiger partial charge is 0.481 e. The summed E-state index contributed by atoms with van der Waals surface area (Å²) in [5, 5.41) is 81.4. The molecule has 0 aromatic heterocycles. The molecule has 0 saturated carbocycles. The monoisotopic (exact) mass is 1950 g/mol. The zero-order chi connectivity index (χ0) is 95.4. The number of carboxylic acid groups (broad SMARTS) is 8. The van der Waals surface area contributed by atoms with Crippen LogP contribution in [0.15, 0.2) is 136 Å². The van der Waals surface area contributed by atoms with E-state index in [9.17, 15) is 183 Å². The average molecular weight is 1950 g/mol. The topological polar surface area (TPSA) is 807 Å². The maximum absolute atomic E-state index is 13.6. The Morgan fingerprint density at radius 2 is 0.242 bits per heavy atom. The van der Waals surface area contributed by atoms with Gasteiger partial charge in [0.2, 0.25) is 0 Å². The second-order valence-corrected chi connectivity index (χ2v) is 38.6. The van der Waals surface area contributed by atoms with E-state index in [0.717, 1.165) is 0 Å². The molecule has 1 aliphatic rings. The van der Waals surface area contributed by atoms with Crippen LogP contribution in [0.1, 0.15) is 89.0 Å². The van der Waals surface area contributed by atoms with Gasteiger partial charge in [-0.15, -0.1) is 0 Å². The minimum absolute atomic E-state index is 0.431. The number of carboxylic acids is 8. The van der Waals surface area contributed by atoms with Crippen molar-refractivity contribution in [2.24, 2.45) is 0 Å². The van der Waals surface area contributed by atoms with E-state index in [4.69, 9.17) is 37.9 Å². The van der Waals surface area contributed by atoms with E-state index in [0.29, 0.717) is 97.1 Å². The molecule has 16 N–H and O–H groups in total. The lowest BCUT2D eigenvalue weighted by Crippen LogP contribution is -2.17. The summed E-state index contributed by atoms with van der Waals surface area (Å²) in [6, 6.07) is 6.90. The molecule has 16 bridgehead atoms. The summed E-state index contributed by atoms with van der Waals surface area (Å²) in [5.74, 6) is -23.6. The molecule has 48 nitrogen and oxygen atoms in total. The molecular formula is C72H64O48S8. The predicted octanol–water partition coefficient (Wildman–Crippen LogP) is 2.41. The van der Waals surface area contributed by atoms with Crippen molar-refractivity contribution in [3.8, 4) is 46.0 Å². The van der Waals surface area contributed by atoms with Crippen molar-refractivity contribution in [2.45, 2.75) is 90.5 Å². The van der Waals surface area contributed by atoms with Crippen LogP contribution in [0.25, 0.3) is 0 Å². The Labute approximate surface area is 720 Å². The molecule has 8 aromatic rings. The Morgan fingerprint density at radius 3 is 0.297 bits per heavy atom. The summed E-state index contributed by atoms with van der Waals surface area (Å²) in [6.07, 6.45) is -10.8. The van der Waals surface area contributed by atoms with E-state index in [1.54, 1.807) is 0 Å². The lowest BCUT2D eigenvalue weighted by Gasteiger charge is -2.23. The minimum atomic E-state index is -5.81. The minimum Gasteiger partial charge on any atom is -0.481 e. The maximum Gasteiger partial charge on any atom is 0.341 e. The van der Waals surface area contributed by atoms with Crippen LogP contribution in [0.3, 0.4) is 0 Å². The Hall–Kier alpha value is -12.8. The molecule has 0 atom stereocenters. The van der Waals surface area contributed by atoms with Crippen LogP contribution in [-0.2, 0) is 171 Å². The van der Waals surface area contributed by atoms with Crippen LogP contribution in [0, 0.1) is 0 Å². The van der Waals surface area contributed by atoms with Crippen LogP contribution in [0.5, 0.6) is 46.0 Å². The summed E-state index contributed by atoms with van der Waals surface area (Å²) < 4.78 is 351. The van der Waals surface area contributed by atoms with Gasteiger partial charge in [-0.25, -0.2) is 38.4 Å². The third-order valence-electron chi connectivity index (χ3n) is 17.9. The van der Waals surface area contributed by atoms with Gasteiger partial charge in [0.05, 0.1) is 39.2 Å². The lowest BCUT2D eigenvalue weighted by molar-refractivity contribution is -0.140. The lowest BCUT2D eigenvalue weighted by atomic mass is 9.91. The highest BCUT2D eigenvalue weighted by atomic mass is 32.2. The zero-order valence-electron chi connectivity index (χ0n) is 64.0. The number of hydrogen-bond acceptors (Lipinski definition) is 32. The van der Waals surface area contributed by atoms with E-state index < -0.39 is 407 Å². The quantitative estimate of drug-likeness (QED) is 0.0269. The first kappa shape index (κ1) is 99.0. The summed E-state index contributed by atoms with van der Waals surface area (Å²) in [6.45, 7) is -12.7. The first-order chi connectivity index (χ1) is 59.0. The predicted molar refractivity (Wildman–Crippen MR) is 418 cm³/mol. The molecule has 8 aromatic carbocycles. The molecule has 0 spiro atoms. The van der Waals surface area contributed by atoms with Gasteiger partial charge >= 0.3 is 47.8 Å². The summed E-state index contributed by atoms with van der Waals surface area (Å²) in [4.78, 5) is 90.1. The van der Waals surface area contributed by atoms with Crippen molar-refractivity contribution < 1.29 is 221 Å². The molecule has 0 unspecified atom stereocenters. The third-order valence-corrected chi connectivity index (χ3v) is 24.5. The van der Waals surface area contributed by atoms with E-state index in [1.807, 2.05) is 0 Å². The summed E-state index contributed by atoms with van der Waals surface area (Å²) in [7, 11) is -46.5. The molecule has 0 fully saturated rings. The number of hydrogen-bond donors (Lipinski definition) is 16. The molecule has 0 amide bonds. The second-order valence-electron chi connectivity index (χ2n) is 27.2. The SMILES string of the molecule is O=C(O)COc1c2cc(S(=O)(=O)O)cc1Cc1cc(S(=O)(=O)O)cc(c1OCC(=O)O)Cc1cc(S(=O)(=O)O)cc(c1OCC(=O)O)Cc1cc(S(=O)(=O)O)cc(c1OCC(=O)O)Cc1cc(S(=O)(=O)O)cc(c1OCC(=O)O)Cc1cc(S(=O)(=O)O)cc(c1OCC(=O)O)Cc1cc(S(=O)(=O)O)cc(c1OCC(=O)O)Cc1cc(S(=O)(=O)O)cc(c1OCC(=O)O)C2. The van der Waals surface area contributed by atoms with Gasteiger partial charge in [-0.1, -0.05) is 0 Å². The smallest absolute Gasteiger partial charge is 0.341 e. The van der Waals surface area contributed by atoms with Gasteiger partial charge in [-0.3, -0.25) is 36.4 Å². The molecule has 9 rings (SSSR count). The fraction of sp³-hybridized carbons (Fsp3) is 0.222. The van der Waals surface area contributed by atoms with Gasteiger partial charge in [0.1, 0.15) is 46.0 Å². The number of ether oxygens (including phenoxy) is 8. The van der Waals surface area contributed by atoms with E-state index in [-0.39, 0.29) is 0 Å². The molecule has 0 radical (unpaired) electrons. The van der Waals surface area contributed by atoms with Crippen molar-refractivity contribution in [3.05, 3.63) is 186 Å². The molecule has 0 saturated heterocycles. The number of benzene rings is 8. The van der Waals surface area contributed by atoms with Gasteiger partial charge in [0.25, 0.3) is 80.9 Å². The molecule has 128 heavy (non-hydrogen) atoms. The van der Waals surface area contributed by atoms with Gasteiger partial charge in [-0.2, -0.15) is 67.3 Å². The highest BCUT2D eigenvalue weighted by Crippen LogP contribution is 2.46. The summed E-state index contributed by atoms with van der Waals surface area (Å²) >= 11 is 0. The van der Waals surface area contributed by atoms with Crippen molar-refractivity contribution in [3.63, 3.8) is 0 Å². The fourth-order valence-corrected chi connectivity index (χ4v) is 17.9. The third kappa shape index (κ3) is 25.8. The molecule has 56 heteroatoms. The average Bonchev–Trinajstić information content (AvgIpc) is 0.766. The van der Waals surface area contributed by atoms with Crippen LogP contribution in [0.2, 0.25) is 0 Å². The Balaban J connectivity index is 1.57. The van der Waals surface area contributed by atoms with Gasteiger partial charge in [-0.05, 0) is 97.1 Å². The van der Waals surface area contributed by atoms with Crippen molar-refractivity contribution in [1.29, 1.82) is 0 Å². The molecule has 1 aliphatic carbocycles. The highest BCUT2D eigenvalue weighted by Gasteiger charge is 2.35.